The van der Waals surface area contributed by atoms with E-state index in [1.807, 2.05) is 0 Å². The Morgan fingerprint density at radius 2 is 2.21 bits per heavy atom. The number of halogens is 1. The smallest absolute Gasteiger partial charge is 0.243 e. The number of aromatic nitrogens is 2. The lowest BCUT2D eigenvalue weighted by Gasteiger charge is -2.23. The molecule has 1 aliphatic heterocycles. The first-order chi connectivity index (χ1) is 11.4. The number of hydrogen-bond acceptors (Lipinski definition) is 4. The molecule has 0 aliphatic carbocycles. The number of sulfonamides is 1. The van der Waals surface area contributed by atoms with Crippen molar-refractivity contribution in [2.75, 3.05) is 6.54 Å². The number of rotatable bonds is 5. The van der Waals surface area contributed by atoms with Crippen LogP contribution in [0.3, 0.4) is 0 Å². The molecular weight excluding hydrogens is 394 g/mol. The molecule has 1 fully saturated rings. The van der Waals surface area contributed by atoms with Crippen molar-refractivity contribution >= 4 is 31.7 Å². The van der Waals surface area contributed by atoms with Crippen molar-refractivity contribution in [1.29, 1.82) is 0 Å². The number of benzene rings is 1. The molecule has 0 bridgehead atoms. The summed E-state index contributed by atoms with van der Waals surface area (Å²) in [5, 5.41) is 4.00. The van der Waals surface area contributed by atoms with Gasteiger partial charge in [-0.1, -0.05) is 22.0 Å². The van der Waals surface area contributed by atoms with Gasteiger partial charge < -0.3 is 0 Å². The molecule has 6 nitrogen and oxygen atoms in total. The molecule has 8 heteroatoms. The topological polar surface area (TPSA) is 72.3 Å². The molecule has 0 N–H and O–H groups in total. The van der Waals surface area contributed by atoms with E-state index < -0.39 is 10.0 Å². The van der Waals surface area contributed by atoms with Crippen LogP contribution in [0.25, 0.3) is 0 Å². The lowest BCUT2D eigenvalue weighted by molar-refractivity contribution is 0.0961. The van der Waals surface area contributed by atoms with Crippen LogP contribution in [0.2, 0.25) is 0 Å². The van der Waals surface area contributed by atoms with Crippen molar-refractivity contribution in [2.45, 2.75) is 30.2 Å². The van der Waals surface area contributed by atoms with Gasteiger partial charge in [-0.15, -0.1) is 0 Å². The van der Waals surface area contributed by atoms with Crippen molar-refractivity contribution in [3.05, 3.63) is 46.7 Å². The summed E-state index contributed by atoms with van der Waals surface area (Å²) in [7, 11) is -1.86. The maximum Gasteiger partial charge on any atom is 0.243 e. The summed E-state index contributed by atoms with van der Waals surface area (Å²) in [6, 6.07) is 6.35. The highest BCUT2D eigenvalue weighted by Crippen LogP contribution is 2.29. The van der Waals surface area contributed by atoms with E-state index in [1.165, 1.54) is 10.5 Å². The van der Waals surface area contributed by atoms with Gasteiger partial charge in [0.2, 0.25) is 10.0 Å². The lowest BCUT2D eigenvalue weighted by atomic mass is 10.1. The summed E-state index contributed by atoms with van der Waals surface area (Å²) in [5.41, 5.74) is 0.518. The van der Waals surface area contributed by atoms with E-state index in [0.29, 0.717) is 23.0 Å². The molecule has 0 saturated carbocycles. The zero-order chi connectivity index (χ0) is 17.3. The van der Waals surface area contributed by atoms with Crippen LogP contribution in [-0.2, 0) is 17.1 Å². The Balaban J connectivity index is 1.81. The molecule has 1 aliphatic rings. The Labute approximate surface area is 149 Å². The van der Waals surface area contributed by atoms with Gasteiger partial charge >= 0.3 is 0 Å². The first kappa shape index (κ1) is 17.3. The van der Waals surface area contributed by atoms with Crippen LogP contribution in [0.5, 0.6) is 0 Å². The molecule has 128 valence electrons. The fraction of sp³-hybridized carbons (Fsp3) is 0.375. The largest absolute Gasteiger partial charge is 0.294 e. The maximum absolute atomic E-state index is 12.9. The average molecular weight is 412 g/mol. The van der Waals surface area contributed by atoms with Crippen LogP contribution in [0.1, 0.15) is 29.6 Å². The number of carbonyl (C=O) groups is 1. The summed E-state index contributed by atoms with van der Waals surface area (Å²) in [5.74, 6) is -0.0792. The van der Waals surface area contributed by atoms with Crippen LogP contribution in [0.4, 0.5) is 0 Å². The number of ketones is 1. The number of carbonyl (C=O) groups excluding carboxylic acids is 1. The fourth-order valence-corrected chi connectivity index (χ4v) is 5.28. The van der Waals surface area contributed by atoms with Gasteiger partial charge in [0, 0.05) is 36.7 Å². The van der Waals surface area contributed by atoms with Crippen LogP contribution < -0.4 is 0 Å². The zero-order valence-electron chi connectivity index (χ0n) is 13.2. The normalized spacial score (nSPS) is 18.8. The van der Waals surface area contributed by atoms with E-state index in [9.17, 15) is 13.2 Å². The minimum atomic E-state index is -3.60. The minimum Gasteiger partial charge on any atom is -0.294 e. The highest BCUT2D eigenvalue weighted by Gasteiger charge is 2.36. The van der Waals surface area contributed by atoms with Gasteiger partial charge in [0.05, 0.1) is 16.7 Å². The molecule has 3 rings (SSSR count). The molecule has 1 atom stereocenters. The summed E-state index contributed by atoms with van der Waals surface area (Å²) in [6.07, 6.45) is 4.81. The van der Waals surface area contributed by atoms with Gasteiger partial charge in [-0.2, -0.15) is 9.40 Å². The van der Waals surface area contributed by atoms with Crippen molar-refractivity contribution in [1.82, 2.24) is 14.1 Å². The summed E-state index contributed by atoms with van der Waals surface area (Å²) in [4.78, 5) is 12.6. The third-order valence-electron chi connectivity index (χ3n) is 4.17. The Morgan fingerprint density at radius 3 is 2.88 bits per heavy atom. The summed E-state index contributed by atoms with van der Waals surface area (Å²) >= 11 is 3.31. The van der Waals surface area contributed by atoms with Gasteiger partial charge in [-0.3, -0.25) is 9.48 Å². The Hall–Kier alpha value is -1.51. The standard InChI is InChI=1S/C16H18BrN3O3S/c1-19-11-12(10-18-19)16(21)9-14-5-3-7-20(14)24(22,23)15-6-2-4-13(17)8-15/h2,4,6,8,10-11,14H,3,5,7,9H2,1H3. The van der Waals surface area contributed by atoms with Crippen LogP contribution in [-0.4, -0.2) is 40.9 Å². The molecule has 24 heavy (non-hydrogen) atoms. The van der Waals surface area contributed by atoms with Crippen LogP contribution in [0.15, 0.2) is 46.0 Å². The number of Topliss-reactive ketones (excluding diaryl/α,β-unsaturated/α-hetero) is 1. The van der Waals surface area contributed by atoms with Gasteiger partial charge in [-0.05, 0) is 31.0 Å². The second-order valence-electron chi connectivity index (χ2n) is 5.90. The highest BCUT2D eigenvalue weighted by molar-refractivity contribution is 9.10. The predicted octanol–water partition coefficient (Wildman–Crippen LogP) is 2.61. The van der Waals surface area contributed by atoms with Gasteiger partial charge in [0.25, 0.3) is 0 Å². The highest BCUT2D eigenvalue weighted by atomic mass is 79.9. The van der Waals surface area contributed by atoms with Gasteiger partial charge in [-0.25, -0.2) is 8.42 Å². The van der Waals surface area contributed by atoms with E-state index in [2.05, 4.69) is 21.0 Å². The number of nitrogens with zero attached hydrogens (tertiary/aromatic N) is 3. The Kier molecular flexibility index (Phi) is 4.89. The first-order valence-electron chi connectivity index (χ1n) is 7.67. The number of hydrogen-bond donors (Lipinski definition) is 0. The first-order valence-corrected chi connectivity index (χ1v) is 9.90. The maximum atomic E-state index is 12.9. The molecule has 1 unspecified atom stereocenters. The molecule has 0 spiro atoms. The van der Waals surface area contributed by atoms with E-state index in [4.69, 9.17) is 0 Å². The van der Waals surface area contributed by atoms with Crippen molar-refractivity contribution in [3.63, 3.8) is 0 Å². The molecular formula is C16H18BrN3O3S. The fourth-order valence-electron chi connectivity index (χ4n) is 2.99. The van der Waals surface area contributed by atoms with Crippen molar-refractivity contribution < 1.29 is 13.2 Å². The monoisotopic (exact) mass is 411 g/mol. The molecule has 1 saturated heterocycles. The third-order valence-corrected chi connectivity index (χ3v) is 6.61. The molecule has 1 aromatic carbocycles. The minimum absolute atomic E-state index is 0.0792. The van der Waals surface area contributed by atoms with E-state index >= 15 is 0 Å². The average Bonchev–Trinajstić information content (AvgIpc) is 3.16. The Morgan fingerprint density at radius 1 is 1.42 bits per heavy atom. The second-order valence-corrected chi connectivity index (χ2v) is 8.71. The van der Waals surface area contributed by atoms with E-state index in [1.54, 1.807) is 42.2 Å². The predicted molar refractivity (Wildman–Crippen MR) is 93.2 cm³/mol. The lowest BCUT2D eigenvalue weighted by Crippen LogP contribution is -2.36. The van der Waals surface area contributed by atoms with Crippen LogP contribution >= 0.6 is 15.9 Å². The summed E-state index contributed by atoms with van der Waals surface area (Å²) < 4.78 is 29.5. The van der Waals surface area contributed by atoms with Crippen molar-refractivity contribution in [2.24, 2.45) is 7.05 Å². The summed E-state index contributed by atoms with van der Waals surface area (Å²) in [6.45, 7) is 0.444. The van der Waals surface area contributed by atoms with Gasteiger partial charge in [0.15, 0.2) is 5.78 Å². The molecule has 2 heterocycles. The number of aryl methyl sites for hydroxylation is 1. The zero-order valence-corrected chi connectivity index (χ0v) is 15.6. The molecule has 2 aromatic rings. The second kappa shape index (κ2) is 6.78. The Bertz CT molecular complexity index is 863. The van der Waals surface area contributed by atoms with Gasteiger partial charge in [0.1, 0.15) is 0 Å². The van der Waals surface area contributed by atoms with E-state index in [-0.39, 0.29) is 23.1 Å². The quantitative estimate of drug-likeness (QED) is 0.708. The van der Waals surface area contributed by atoms with Crippen molar-refractivity contribution in [3.8, 4) is 0 Å². The molecule has 1 aromatic heterocycles. The van der Waals surface area contributed by atoms with Crippen LogP contribution in [0, 0.1) is 0 Å². The van der Waals surface area contributed by atoms with E-state index in [0.717, 1.165) is 6.42 Å². The third kappa shape index (κ3) is 3.45. The SMILES string of the molecule is Cn1cc(C(=O)CC2CCCN2S(=O)(=O)c2cccc(Br)c2)cn1. The molecule has 0 amide bonds. The molecule has 0 radical (unpaired) electrons.